The van der Waals surface area contributed by atoms with Gasteiger partial charge in [-0.3, -0.25) is 14.7 Å². The van der Waals surface area contributed by atoms with Crippen molar-refractivity contribution in [2.45, 2.75) is 24.7 Å². The maximum Gasteiger partial charge on any atom is 0.303 e. The highest BCUT2D eigenvalue weighted by molar-refractivity contribution is 7.92. The molecule has 1 aromatic carbocycles. The Morgan fingerprint density at radius 1 is 1.27 bits per heavy atom. The lowest BCUT2D eigenvalue weighted by molar-refractivity contribution is -0.136. The Labute approximate surface area is 147 Å². The summed E-state index contributed by atoms with van der Waals surface area (Å²) in [6.45, 7) is 1.57. The standard InChI is InChI=1S/C15H15N5O5S/c1-9-11(7-8-12(21)22)13(23)20-15(16-9)17-14(18-20)19-26(24,25)10-5-3-2-4-6-10/h2-6H,7-8H2,1H3,(H,21,22)(H2,16,17,18,19). The summed E-state index contributed by atoms with van der Waals surface area (Å²) in [5, 5.41) is 11.3. The molecule has 0 aliphatic heterocycles. The molecule has 0 bridgehead atoms. The number of carboxylic acids is 1. The molecule has 3 rings (SSSR count). The first-order valence-electron chi connectivity index (χ1n) is 7.56. The van der Waals surface area contributed by atoms with E-state index in [9.17, 15) is 18.0 Å². The quantitative estimate of drug-likeness (QED) is 0.568. The minimum absolute atomic E-state index is 0.0139. The Bertz CT molecular complexity index is 1130. The zero-order chi connectivity index (χ0) is 18.9. The van der Waals surface area contributed by atoms with Gasteiger partial charge in [-0.15, -0.1) is 0 Å². The van der Waals surface area contributed by atoms with Crippen LogP contribution in [0.1, 0.15) is 17.7 Å². The third-order valence-electron chi connectivity index (χ3n) is 3.67. The first-order valence-corrected chi connectivity index (χ1v) is 9.04. The number of aromatic amines is 1. The van der Waals surface area contributed by atoms with Gasteiger partial charge in [-0.25, -0.2) is 18.1 Å². The van der Waals surface area contributed by atoms with Crippen molar-refractivity contribution in [3.8, 4) is 0 Å². The van der Waals surface area contributed by atoms with E-state index in [0.717, 1.165) is 4.52 Å². The van der Waals surface area contributed by atoms with E-state index in [4.69, 9.17) is 5.11 Å². The van der Waals surface area contributed by atoms with E-state index < -0.39 is 21.6 Å². The molecule has 0 amide bonds. The first-order chi connectivity index (χ1) is 12.3. The Morgan fingerprint density at radius 3 is 2.62 bits per heavy atom. The first kappa shape index (κ1) is 17.6. The molecule has 3 N–H and O–H groups in total. The maximum atomic E-state index is 12.5. The molecule has 0 saturated carbocycles. The monoisotopic (exact) mass is 377 g/mol. The molecule has 136 valence electrons. The molecule has 0 aliphatic carbocycles. The van der Waals surface area contributed by atoms with Gasteiger partial charge in [0, 0.05) is 12.0 Å². The normalized spacial score (nSPS) is 11.6. The van der Waals surface area contributed by atoms with Gasteiger partial charge in [0.1, 0.15) is 0 Å². The van der Waals surface area contributed by atoms with Crippen LogP contribution in [0.25, 0.3) is 5.78 Å². The van der Waals surface area contributed by atoms with Gasteiger partial charge >= 0.3 is 5.97 Å². The van der Waals surface area contributed by atoms with E-state index in [1.54, 1.807) is 25.1 Å². The van der Waals surface area contributed by atoms with Crippen molar-refractivity contribution in [3.63, 3.8) is 0 Å². The molecule has 10 nitrogen and oxygen atoms in total. The molecule has 0 saturated heterocycles. The van der Waals surface area contributed by atoms with E-state index in [1.165, 1.54) is 12.1 Å². The summed E-state index contributed by atoms with van der Waals surface area (Å²) >= 11 is 0. The van der Waals surface area contributed by atoms with Gasteiger partial charge in [0.05, 0.1) is 10.6 Å². The van der Waals surface area contributed by atoms with Gasteiger partial charge in [0.15, 0.2) is 0 Å². The molecule has 0 radical (unpaired) electrons. The van der Waals surface area contributed by atoms with Crippen LogP contribution in [0, 0.1) is 6.92 Å². The van der Waals surface area contributed by atoms with Gasteiger partial charge < -0.3 is 5.11 Å². The lowest BCUT2D eigenvalue weighted by Crippen LogP contribution is -2.22. The predicted octanol–water partition coefficient (Wildman–Crippen LogP) is 0.544. The van der Waals surface area contributed by atoms with E-state index in [2.05, 4.69) is 19.8 Å². The second-order valence-corrected chi connectivity index (χ2v) is 7.18. The van der Waals surface area contributed by atoms with E-state index in [-0.39, 0.29) is 35.0 Å². The molecule has 2 heterocycles. The number of fused-ring (bicyclic) bond motifs is 1. The van der Waals surface area contributed by atoms with Crippen molar-refractivity contribution < 1.29 is 18.3 Å². The van der Waals surface area contributed by atoms with Crippen LogP contribution in [0.4, 0.5) is 5.95 Å². The zero-order valence-corrected chi connectivity index (χ0v) is 14.4. The Kier molecular flexibility index (Phi) is 4.47. The molecule has 0 unspecified atom stereocenters. The van der Waals surface area contributed by atoms with Gasteiger partial charge in [-0.2, -0.15) is 9.50 Å². The molecule has 11 heteroatoms. The topological polar surface area (TPSA) is 147 Å². The minimum Gasteiger partial charge on any atom is -0.481 e. The van der Waals surface area contributed by atoms with Crippen molar-refractivity contribution >= 4 is 27.7 Å². The molecule has 0 aliphatic rings. The molecule has 26 heavy (non-hydrogen) atoms. The summed E-state index contributed by atoms with van der Waals surface area (Å²) in [6.07, 6.45) is -0.203. The fraction of sp³-hybridized carbons (Fsp3) is 0.200. The Balaban J connectivity index is 1.98. The van der Waals surface area contributed by atoms with Crippen molar-refractivity contribution in [3.05, 3.63) is 51.9 Å². The third kappa shape index (κ3) is 3.42. The van der Waals surface area contributed by atoms with Crippen LogP contribution in [-0.4, -0.2) is 39.1 Å². The fourth-order valence-corrected chi connectivity index (χ4v) is 3.39. The average Bonchev–Trinajstić information content (AvgIpc) is 2.97. The molecule has 0 spiro atoms. The Hall–Kier alpha value is -3.21. The smallest absolute Gasteiger partial charge is 0.303 e. The molecule has 0 atom stereocenters. The third-order valence-corrected chi connectivity index (χ3v) is 5.02. The highest BCUT2D eigenvalue weighted by Crippen LogP contribution is 2.13. The highest BCUT2D eigenvalue weighted by atomic mass is 32.2. The molecule has 2 aromatic heterocycles. The zero-order valence-electron chi connectivity index (χ0n) is 13.6. The number of hydrogen-bond acceptors (Lipinski definition) is 6. The molecule has 0 fully saturated rings. The molecule has 3 aromatic rings. The van der Waals surface area contributed by atoms with Crippen LogP contribution in [0.3, 0.4) is 0 Å². The van der Waals surface area contributed by atoms with Crippen LogP contribution < -0.4 is 10.3 Å². The molecular weight excluding hydrogens is 362 g/mol. The number of nitrogens with one attached hydrogen (secondary N) is 2. The lowest BCUT2D eigenvalue weighted by atomic mass is 10.1. The van der Waals surface area contributed by atoms with Gasteiger partial charge in [-0.05, 0) is 25.5 Å². The summed E-state index contributed by atoms with van der Waals surface area (Å²) in [4.78, 5) is 31.4. The average molecular weight is 377 g/mol. The largest absolute Gasteiger partial charge is 0.481 e. The number of sulfonamides is 1. The van der Waals surface area contributed by atoms with Gasteiger partial charge in [0.2, 0.25) is 5.95 Å². The van der Waals surface area contributed by atoms with Gasteiger partial charge in [0.25, 0.3) is 21.4 Å². The number of aromatic nitrogens is 4. The van der Waals surface area contributed by atoms with Crippen molar-refractivity contribution in [2.24, 2.45) is 0 Å². The Morgan fingerprint density at radius 2 is 1.96 bits per heavy atom. The number of H-pyrrole nitrogens is 1. The molecular formula is C15H15N5O5S. The number of anilines is 1. The highest BCUT2D eigenvalue weighted by Gasteiger charge is 2.18. The number of hydrogen-bond donors (Lipinski definition) is 3. The summed E-state index contributed by atoms with van der Waals surface area (Å²) in [5.41, 5.74) is 0.0534. The number of rotatable bonds is 6. The van der Waals surface area contributed by atoms with Crippen LogP contribution in [-0.2, 0) is 21.2 Å². The van der Waals surface area contributed by atoms with E-state index in [0.29, 0.717) is 5.69 Å². The number of carbonyl (C=O) groups is 1. The predicted molar refractivity (Wildman–Crippen MR) is 91.6 cm³/mol. The summed E-state index contributed by atoms with van der Waals surface area (Å²) in [5.74, 6) is -1.22. The maximum absolute atomic E-state index is 12.5. The SMILES string of the molecule is Cc1nc2nc(NS(=O)(=O)c3ccccc3)[nH]n2c(=O)c1CCC(=O)O. The summed E-state index contributed by atoms with van der Waals surface area (Å²) in [7, 11) is -3.88. The van der Waals surface area contributed by atoms with Crippen molar-refractivity contribution in [1.29, 1.82) is 0 Å². The number of carboxylic acid groups (broad SMARTS) is 1. The second-order valence-electron chi connectivity index (χ2n) is 5.50. The minimum atomic E-state index is -3.88. The van der Waals surface area contributed by atoms with Crippen LogP contribution >= 0.6 is 0 Å². The van der Waals surface area contributed by atoms with Gasteiger partial charge in [-0.1, -0.05) is 18.2 Å². The van der Waals surface area contributed by atoms with Crippen molar-refractivity contribution in [1.82, 2.24) is 19.6 Å². The number of nitrogens with zero attached hydrogens (tertiary/aromatic N) is 3. The summed E-state index contributed by atoms with van der Waals surface area (Å²) < 4.78 is 27.9. The van der Waals surface area contributed by atoms with Crippen LogP contribution in [0.2, 0.25) is 0 Å². The number of benzene rings is 1. The fourth-order valence-electron chi connectivity index (χ4n) is 2.41. The number of aryl methyl sites for hydroxylation is 1. The van der Waals surface area contributed by atoms with Crippen LogP contribution in [0.5, 0.6) is 0 Å². The van der Waals surface area contributed by atoms with E-state index in [1.807, 2.05) is 0 Å². The summed E-state index contributed by atoms with van der Waals surface area (Å²) in [6, 6.07) is 7.69. The van der Waals surface area contributed by atoms with Crippen LogP contribution in [0.15, 0.2) is 40.0 Å². The number of aliphatic carboxylic acids is 1. The van der Waals surface area contributed by atoms with Crippen molar-refractivity contribution in [2.75, 3.05) is 4.72 Å². The second kappa shape index (κ2) is 6.59. The lowest BCUT2D eigenvalue weighted by Gasteiger charge is -2.04. The van der Waals surface area contributed by atoms with E-state index >= 15 is 0 Å².